The Bertz CT molecular complexity index is 1300. The molecule has 0 unspecified atom stereocenters. The number of nitrogens with one attached hydrogen (secondary N) is 4. The second-order valence-electron chi connectivity index (χ2n) is 15.2. The van der Waals surface area contributed by atoms with E-state index in [-0.39, 0.29) is 130 Å². The second kappa shape index (κ2) is 33.9. The number of carbonyl (C=O) groups is 7. The highest BCUT2D eigenvalue weighted by Crippen LogP contribution is 2.23. The van der Waals surface area contributed by atoms with Crippen molar-refractivity contribution >= 4 is 41.6 Å². The maximum atomic E-state index is 13.5. The first-order chi connectivity index (χ1) is 29.3. The molecule has 0 saturated carbocycles. The molecule has 0 aliphatic heterocycles. The minimum absolute atomic E-state index is 0.0887. The average Bonchev–Trinajstić information content (AvgIpc) is 3.17. The van der Waals surface area contributed by atoms with Gasteiger partial charge in [0.2, 0.25) is 22.6 Å². The fraction of sp³-hybridized carbons (Fsp3) is 0.816. The Kier molecular flexibility index (Phi) is 31.3. The van der Waals surface area contributed by atoms with Crippen LogP contribution in [0.25, 0.3) is 0 Å². The molecule has 0 aromatic heterocycles. The lowest BCUT2D eigenvalue weighted by Crippen LogP contribution is -2.48. The van der Waals surface area contributed by atoms with Gasteiger partial charge in [0.15, 0.2) is 0 Å². The van der Waals surface area contributed by atoms with Gasteiger partial charge in [-0.2, -0.15) is 0 Å². The number of aliphatic carboxylic acids is 4. The third kappa shape index (κ3) is 34.0. The van der Waals surface area contributed by atoms with Gasteiger partial charge in [0.1, 0.15) is 17.2 Å². The summed E-state index contributed by atoms with van der Waals surface area (Å²) >= 11 is 0. The van der Waals surface area contributed by atoms with Gasteiger partial charge in [-0.3, -0.25) is 33.6 Å². The lowest BCUT2D eigenvalue weighted by molar-refractivity contribution is -0.139. The molecule has 24 nitrogen and oxygen atoms in total. The topological polar surface area (TPSA) is 351 Å². The van der Waals surface area contributed by atoms with Crippen LogP contribution in [-0.2, 0) is 66.7 Å². The molecule has 3 amide bonds. The molecule has 24 heteroatoms. The highest BCUT2D eigenvalue weighted by Gasteiger charge is 2.31. The molecule has 356 valence electrons. The fourth-order valence-electron chi connectivity index (χ4n) is 4.83. The number of carbonyl (C=O) groups excluding carboxylic acids is 3. The van der Waals surface area contributed by atoms with Crippen molar-refractivity contribution in [3.63, 3.8) is 0 Å². The Morgan fingerprint density at radius 2 is 0.839 bits per heavy atom. The predicted octanol–water partition coefficient (Wildman–Crippen LogP) is 0.371. The van der Waals surface area contributed by atoms with Gasteiger partial charge in [-0.1, -0.05) is 13.8 Å². The number of carboxylic acids is 4. The van der Waals surface area contributed by atoms with Gasteiger partial charge >= 0.3 is 23.9 Å². The molecule has 8 N–H and O–H groups in total. The van der Waals surface area contributed by atoms with E-state index in [1.165, 1.54) is 0 Å². The van der Waals surface area contributed by atoms with E-state index in [0.29, 0.717) is 19.4 Å². The second-order valence-corrected chi connectivity index (χ2v) is 15.2. The molecule has 0 aromatic rings. The van der Waals surface area contributed by atoms with Gasteiger partial charge in [-0.25, -0.2) is 0 Å². The summed E-state index contributed by atoms with van der Waals surface area (Å²) < 4.78 is 38.8. The standard InChI is InChI=1S/C38H66N6O18/c1-37(2,12-20-62-38(3,4)11-13-40-44-39)36(55)43-29(25-56-14-5-30(45)41-27(21-58-16-7-32(47)48)22-59-17-8-33(49)50)26-57-15-6-31(46)42-28(23-60-18-9-34(51)52)24-61-19-10-35(53)54/h27-29,39H,5-26H2,1-4H3,(H6-,41,42,43,45,46,47,48,49,50,51,52,53,54,55)/p+1. The molecule has 62 heavy (non-hydrogen) atoms. The lowest BCUT2D eigenvalue weighted by atomic mass is 9.88. The molecule has 0 atom stereocenters. The summed E-state index contributed by atoms with van der Waals surface area (Å²) in [5, 5.41) is 47.3. The third-order valence-electron chi connectivity index (χ3n) is 8.49. The summed E-state index contributed by atoms with van der Waals surface area (Å²) in [6, 6.07) is -2.16. The highest BCUT2D eigenvalue weighted by molar-refractivity contribution is 5.82. The van der Waals surface area contributed by atoms with Crippen LogP contribution in [0.15, 0.2) is 5.11 Å². The molecule has 0 aromatic carbocycles. The molecule has 0 rings (SSSR count). The molecule has 0 fully saturated rings. The van der Waals surface area contributed by atoms with Crippen LogP contribution in [0.2, 0.25) is 0 Å². The SMILES string of the molecule is CC(C)(CCN=[N+]=N)OCCC(C)(C)C(=O)NC(COCCC(=O)NC(COCCC(=O)O)COCCC(=O)O)COCCC(=O)NC(COCCC(=O)O)COCCC(=O)O. The first-order valence-corrected chi connectivity index (χ1v) is 20.2. The van der Waals surface area contributed by atoms with E-state index in [4.69, 9.17) is 59.1 Å². The van der Waals surface area contributed by atoms with Gasteiger partial charge in [-0.15, -0.1) is 0 Å². The van der Waals surface area contributed by atoms with Crippen LogP contribution < -0.4 is 20.9 Å². The number of hydrogen-bond donors (Lipinski definition) is 8. The van der Waals surface area contributed by atoms with Gasteiger partial charge in [0.25, 0.3) is 0 Å². The Labute approximate surface area is 360 Å². The predicted molar refractivity (Wildman–Crippen MR) is 214 cm³/mol. The number of amides is 3. The van der Waals surface area contributed by atoms with Crippen molar-refractivity contribution in [2.45, 2.75) is 103 Å². The maximum absolute atomic E-state index is 13.5. The van der Waals surface area contributed by atoms with E-state index >= 15 is 0 Å². The van der Waals surface area contributed by atoms with Crippen molar-refractivity contribution in [1.29, 1.82) is 5.53 Å². The average molecular weight is 896 g/mol. The van der Waals surface area contributed by atoms with Crippen molar-refractivity contribution in [2.75, 3.05) is 92.4 Å². The smallest absolute Gasteiger partial charge is 0.305 e. The Morgan fingerprint density at radius 1 is 0.516 bits per heavy atom. The molecule has 0 aliphatic rings. The van der Waals surface area contributed by atoms with Gasteiger partial charge in [0, 0.05) is 31.3 Å². The number of carboxylic acid groups (broad SMARTS) is 4. The fourth-order valence-corrected chi connectivity index (χ4v) is 4.83. The van der Waals surface area contributed by atoms with Crippen LogP contribution in [0.4, 0.5) is 0 Å². The van der Waals surface area contributed by atoms with Gasteiger partial charge < -0.3 is 69.5 Å². The monoisotopic (exact) mass is 895 g/mol. The van der Waals surface area contributed by atoms with Crippen LogP contribution in [0.3, 0.4) is 0 Å². The maximum Gasteiger partial charge on any atom is 0.305 e. The Balaban J connectivity index is 5.47. The Morgan fingerprint density at radius 3 is 1.16 bits per heavy atom. The zero-order valence-corrected chi connectivity index (χ0v) is 36.2. The largest absolute Gasteiger partial charge is 0.481 e. The molecule has 0 saturated heterocycles. The van der Waals surface area contributed by atoms with E-state index in [0.717, 1.165) is 0 Å². The quantitative estimate of drug-likeness (QED) is 0.0233. The molecule has 0 radical (unpaired) electrons. The lowest BCUT2D eigenvalue weighted by Gasteiger charge is -2.30. The van der Waals surface area contributed by atoms with Crippen LogP contribution >= 0.6 is 0 Å². The first-order valence-electron chi connectivity index (χ1n) is 20.2. The molecule has 0 aliphatic carbocycles. The molecular formula is C38H67N6O18+. The minimum Gasteiger partial charge on any atom is -0.481 e. The van der Waals surface area contributed by atoms with Crippen LogP contribution in [-0.4, -0.2) is 178 Å². The summed E-state index contributed by atoms with van der Waals surface area (Å²) in [5.41, 5.74) is 5.32. The normalized spacial score (nSPS) is 11.7. The van der Waals surface area contributed by atoms with Crippen molar-refractivity contribution < 1.29 is 87.1 Å². The van der Waals surface area contributed by atoms with Gasteiger partial charge in [0.05, 0.1) is 129 Å². The van der Waals surface area contributed by atoms with E-state index in [1.54, 1.807) is 13.8 Å². The van der Waals surface area contributed by atoms with Crippen LogP contribution in [0.5, 0.6) is 0 Å². The number of nitrogens with zero attached hydrogens (tertiary/aromatic N) is 2. The van der Waals surface area contributed by atoms with E-state index in [9.17, 15) is 33.6 Å². The minimum atomic E-state index is -1.06. The number of rotatable bonds is 41. The third-order valence-corrected chi connectivity index (χ3v) is 8.49. The van der Waals surface area contributed by atoms with Crippen LogP contribution in [0, 0.1) is 10.9 Å². The van der Waals surface area contributed by atoms with Crippen molar-refractivity contribution in [2.24, 2.45) is 10.5 Å². The van der Waals surface area contributed by atoms with Crippen molar-refractivity contribution in [1.82, 2.24) is 20.9 Å². The number of ether oxygens (including phenoxy) is 7. The van der Waals surface area contributed by atoms with E-state index in [1.807, 2.05) is 13.8 Å². The zero-order chi connectivity index (χ0) is 46.8. The van der Waals surface area contributed by atoms with Crippen LogP contribution in [0.1, 0.15) is 79.1 Å². The molecule has 0 spiro atoms. The summed E-state index contributed by atoms with van der Waals surface area (Å²) in [6.07, 6.45) is -0.444. The summed E-state index contributed by atoms with van der Waals surface area (Å²) in [6.45, 7) is 6.56. The summed E-state index contributed by atoms with van der Waals surface area (Å²) in [7, 11) is 0. The van der Waals surface area contributed by atoms with E-state index < -0.39 is 64.8 Å². The van der Waals surface area contributed by atoms with Gasteiger partial charge in [-0.05, 0) is 20.3 Å². The molecule has 0 heterocycles. The van der Waals surface area contributed by atoms with E-state index in [2.05, 4.69) is 26.0 Å². The molecular weight excluding hydrogens is 828 g/mol. The highest BCUT2D eigenvalue weighted by atomic mass is 16.5. The van der Waals surface area contributed by atoms with Crippen molar-refractivity contribution in [3.8, 4) is 0 Å². The zero-order valence-electron chi connectivity index (χ0n) is 36.2. The summed E-state index contributed by atoms with van der Waals surface area (Å²) in [5.74, 6) is -5.54. The Hall–Kier alpha value is -4.68. The first kappa shape index (κ1) is 57.3. The van der Waals surface area contributed by atoms with Crippen molar-refractivity contribution in [3.05, 3.63) is 0 Å². The summed E-state index contributed by atoms with van der Waals surface area (Å²) in [4.78, 5) is 85.3. The molecule has 0 bridgehead atoms. The number of hydrogen-bond acceptors (Lipinski definition) is 16.